The fourth-order valence-electron chi connectivity index (χ4n) is 3.42. The molecule has 0 amide bonds. The standard InChI is InChI=1S/C16H17ClN4O2S/c1-9-16(10(2)20-19-9)24(22,23)21-6-5-15-13(8-21)12-7-11(17)3-4-14(12)18-15/h3-4,7,18H,5-6,8H2,1-2H3,(H,19,20). The second kappa shape index (κ2) is 5.34. The van der Waals surface area contributed by atoms with E-state index in [0.717, 1.165) is 22.2 Å². The number of sulfonamides is 1. The highest BCUT2D eigenvalue weighted by atomic mass is 35.5. The Balaban J connectivity index is 1.79. The molecule has 1 aromatic carbocycles. The molecule has 0 radical (unpaired) electrons. The Morgan fingerprint density at radius 2 is 2.08 bits per heavy atom. The molecule has 4 rings (SSSR count). The Morgan fingerprint density at radius 1 is 1.29 bits per heavy atom. The fraction of sp³-hybridized carbons (Fsp3) is 0.312. The maximum atomic E-state index is 13.1. The summed E-state index contributed by atoms with van der Waals surface area (Å²) in [5.74, 6) is 0. The molecule has 0 saturated carbocycles. The summed E-state index contributed by atoms with van der Waals surface area (Å²) in [5, 5.41) is 8.40. The molecule has 24 heavy (non-hydrogen) atoms. The average molecular weight is 365 g/mol. The number of nitrogens with zero attached hydrogens (tertiary/aromatic N) is 2. The zero-order chi connectivity index (χ0) is 17.1. The van der Waals surface area contributed by atoms with Crippen molar-refractivity contribution in [2.75, 3.05) is 6.54 Å². The Bertz CT molecular complexity index is 1030. The molecular formula is C16H17ClN4O2S. The van der Waals surface area contributed by atoms with Crippen LogP contribution in [-0.2, 0) is 23.0 Å². The van der Waals surface area contributed by atoms with Gasteiger partial charge < -0.3 is 4.98 Å². The number of aromatic amines is 2. The molecule has 6 nitrogen and oxygen atoms in total. The summed E-state index contributed by atoms with van der Waals surface area (Å²) in [6.45, 7) is 4.22. The van der Waals surface area contributed by atoms with Crippen molar-refractivity contribution in [2.24, 2.45) is 0 Å². The third-order valence-electron chi connectivity index (χ3n) is 4.56. The minimum Gasteiger partial charge on any atom is -0.358 e. The Morgan fingerprint density at radius 3 is 2.79 bits per heavy atom. The van der Waals surface area contributed by atoms with Gasteiger partial charge in [-0.05, 0) is 37.6 Å². The van der Waals surface area contributed by atoms with Crippen LogP contribution in [0.15, 0.2) is 23.1 Å². The summed E-state index contributed by atoms with van der Waals surface area (Å²) < 4.78 is 27.6. The van der Waals surface area contributed by atoms with Crippen LogP contribution in [0.5, 0.6) is 0 Å². The first kappa shape index (κ1) is 15.7. The molecule has 0 atom stereocenters. The molecule has 1 aliphatic heterocycles. The molecule has 0 aliphatic carbocycles. The second-order valence-corrected chi connectivity index (χ2v) is 8.43. The number of hydrogen-bond acceptors (Lipinski definition) is 3. The van der Waals surface area contributed by atoms with E-state index in [0.29, 0.717) is 35.9 Å². The van der Waals surface area contributed by atoms with E-state index in [1.807, 2.05) is 18.2 Å². The van der Waals surface area contributed by atoms with Gasteiger partial charge in [-0.1, -0.05) is 11.6 Å². The largest absolute Gasteiger partial charge is 0.358 e. The number of fused-ring (bicyclic) bond motifs is 3. The Labute approximate surface area is 144 Å². The number of aryl methyl sites for hydroxylation is 2. The fourth-order valence-corrected chi connectivity index (χ4v) is 5.33. The SMILES string of the molecule is Cc1n[nH]c(C)c1S(=O)(=O)N1CCc2[nH]c3ccc(Cl)cc3c2C1. The summed E-state index contributed by atoms with van der Waals surface area (Å²) in [6, 6.07) is 5.65. The van der Waals surface area contributed by atoms with Gasteiger partial charge in [-0.25, -0.2) is 8.42 Å². The summed E-state index contributed by atoms with van der Waals surface area (Å²) in [7, 11) is -3.59. The second-order valence-electron chi connectivity index (χ2n) is 6.12. The molecular weight excluding hydrogens is 348 g/mol. The third kappa shape index (κ3) is 2.27. The monoisotopic (exact) mass is 364 g/mol. The normalized spacial score (nSPS) is 15.8. The molecule has 0 bridgehead atoms. The van der Waals surface area contributed by atoms with E-state index in [4.69, 9.17) is 11.6 Å². The van der Waals surface area contributed by atoms with Crippen LogP contribution >= 0.6 is 11.6 Å². The number of benzene rings is 1. The lowest BCUT2D eigenvalue weighted by Gasteiger charge is -2.26. The van der Waals surface area contributed by atoms with Gasteiger partial charge in [0, 0.05) is 41.1 Å². The first-order valence-corrected chi connectivity index (χ1v) is 9.50. The number of rotatable bonds is 2. The molecule has 3 aromatic rings. The summed E-state index contributed by atoms with van der Waals surface area (Å²) >= 11 is 6.11. The van der Waals surface area contributed by atoms with Gasteiger partial charge in [0.25, 0.3) is 0 Å². The molecule has 0 saturated heterocycles. The quantitative estimate of drug-likeness (QED) is 0.733. The van der Waals surface area contributed by atoms with Crippen molar-refractivity contribution in [1.82, 2.24) is 19.5 Å². The molecule has 0 fully saturated rings. The van der Waals surface area contributed by atoms with Crippen LogP contribution in [0.25, 0.3) is 10.9 Å². The van der Waals surface area contributed by atoms with Crippen molar-refractivity contribution in [3.8, 4) is 0 Å². The molecule has 3 heterocycles. The summed E-state index contributed by atoms with van der Waals surface area (Å²) in [4.78, 5) is 3.66. The van der Waals surface area contributed by atoms with Crippen molar-refractivity contribution >= 4 is 32.5 Å². The average Bonchev–Trinajstić information content (AvgIpc) is 3.06. The van der Waals surface area contributed by atoms with Crippen molar-refractivity contribution in [1.29, 1.82) is 0 Å². The lowest BCUT2D eigenvalue weighted by atomic mass is 10.1. The zero-order valence-electron chi connectivity index (χ0n) is 13.4. The number of H-pyrrole nitrogens is 2. The zero-order valence-corrected chi connectivity index (χ0v) is 14.9. The van der Waals surface area contributed by atoms with Crippen molar-refractivity contribution in [3.05, 3.63) is 45.9 Å². The molecule has 2 aromatic heterocycles. The number of nitrogens with one attached hydrogen (secondary N) is 2. The first-order valence-electron chi connectivity index (χ1n) is 7.68. The van der Waals surface area contributed by atoms with Gasteiger partial charge in [0.1, 0.15) is 4.90 Å². The maximum Gasteiger partial charge on any atom is 0.247 e. The van der Waals surface area contributed by atoms with Crippen LogP contribution in [0.3, 0.4) is 0 Å². The van der Waals surface area contributed by atoms with Gasteiger partial charge >= 0.3 is 0 Å². The van der Waals surface area contributed by atoms with Crippen molar-refractivity contribution < 1.29 is 8.42 Å². The third-order valence-corrected chi connectivity index (χ3v) is 6.90. The highest BCUT2D eigenvalue weighted by molar-refractivity contribution is 7.89. The minimum absolute atomic E-state index is 0.281. The van der Waals surface area contributed by atoms with E-state index in [1.165, 1.54) is 4.31 Å². The van der Waals surface area contributed by atoms with Gasteiger partial charge in [0.2, 0.25) is 10.0 Å². The van der Waals surface area contributed by atoms with E-state index in [2.05, 4.69) is 15.2 Å². The molecule has 2 N–H and O–H groups in total. The van der Waals surface area contributed by atoms with Crippen LogP contribution in [-0.4, -0.2) is 34.4 Å². The molecule has 1 aliphatic rings. The lowest BCUT2D eigenvalue weighted by molar-refractivity contribution is 0.390. The summed E-state index contributed by atoms with van der Waals surface area (Å²) in [5.41, 5.74) is 4.14. The van der Waals surface area contributed by atoms with Crippen LogP contribution < -0.4 is 0 Å². The smallest absolute Gasteiger partial charge is 0.247 e. The number of aromatic nitrogens is 3. The maximum absolute atomic E-state index is 13.1. The Hall–Kier alpha value is -1.83. The molecule has 0 unspecified atom stereocenters. The van der Waals surface area contributed by atoms with Gasteiger partial charge in [0.15, 0.2) is 0 Å². The van der Waals surface area contributed by atoms with Crippen LogP contribution in [0, 0.1) is 13.8 Å². The van der Waals surface area contributed by atoms with E-state index in [1.54, 1.807) is 13.8 Å². The van der Waals surface area contributed by atoms with Crippen LogP contribution in [0.1, 0.15) is 22.6 Å². The van der Waals surface area contributed by atoms with Crippen molar-refractivity contribution in [3.63, 3.8) is 0 Å². The first-order chi connectivity index (χ1) is 11.4. The van der Waals surface area contributed by atoms with Gasteiger partial charge in [0.05, 0.1) is 11.4 Å². The Kier molecular flexibility index (Phi) is 3.49. The summed E-state index contributed by atoms with van der Waals surface area (Å²) in [6.07, 6.45) is 0.650. The van der Waals surface area contributed by atoms with Gasteiger partial charge in [-0.15, -0.1) is 0 Å². The molecule has 126 valence electrons. The highest BCUT2D eigenvalue weighted by Gasteiger charge is 2.33. The predicted octanol–water partition coefficient (Wildman–Crippen LogP) is 2.91. The van der Waals surface area contributed by atoms with E-state index >= 15 is 0 Å². The molecule has 0 spiro atoms. The highest BCUT2D eigenvalue weighted by Crippen LogP contribution is 2.32. The van der Waals surface area contributed by atoms with E-state index in [-0.39, 0.29) is 4.90 Å². The molecule has 8 heteroatoms. The number of hydrogen-bond donors (Lipinski definition) is 2. The van der Waals surface area contributed by atoms with E-state index < -0.39 is 10.0 Å². The van der Waals surface area contributed by atoms with E-state index in [9.17, 15) is 8.42 Å². The van der Waals surface area contributed by atoms with Crippen molar-refractivity contribution in [2.45, 2.75) is 31.7 Å². The minimum atomic E-state index is -3.59. The number of halogens is 1. The van der Waals surface area contributed by atoms with Gasteiger partial charge in [-0.3, -0.25) is 5.10 Å². The predicted molar refractivity (Wildman–Crippen MR) is 92.7 cm³/mol. The lowest BCUT2D eigenvalue weighted by Crippen LogP contribution is -2.36. The van der Waals surface area contributed by atoms with Crippen LogP contribution in [0.4, 0.5) is 0 Å². The van der Waals surface area contributed by atoms with Crippen LogP contribution in [0.2, 0.25) is 5.02 Å². The van der Waals surface area contributed by atoms with Gasteiger partial charge in [-0.2, -0.15) is 9.40 Å². The topological polar surface area (TPSA) is 81.8 Å².